The molecule has 2 saturated heterocycles. The van der Waals surface area contributed by atoms with Crippen LogP contribution in [0.2, 0.25) is 0 Å². The normalized spacial score (nSPS) is 19.7. The van der Waals surface area contributed by atoms with Crippen molar-refractivity contribution in [1.82, 2.24) is 14.5 Å². The molecule has 0 radical (unpaired) electrons. The van der Waals surface area contributed by atoms with E-state index in [1.807, 2.05) is 6.92 Å². The second-order valence-corrected chi connectivity index (χ2v) is 8.40. The fourth-order valence-corrected chi connectivity index (χ4v) is 5.36. The first-order valence-electron chi connectivity index (χ1n) is 9.84. The number of fused-ring (bicyclic) bond motifs is 1. The number of thiazole rings is 1. The van der Waals surface area contributed by atoms with Crippen LogP contribution in [0.5, 0.6) is 0 Å². The number of carboxylic acid groups (broad SMARTS) is 1. The third-order valence-electron chi connectivity index (χ3n) is 5.82. The Morgan fingerprint density at radius 1 is 1.22 bits per heavy atom. The Hall–Kier alpha value is -1.93. The zero-order chi connectivity index (χ0) is 19.0. The first kappa shape index (κ1) is 18.4. The number of piperidine rings is 2. The number of anilines is 1. The van der Waals surface area contributed by atoms with E-state index < -0.39 is 11.4 Å². The predicted octanol–water partition coefficient (Wildman–Crippen LogP) is 2.63. The Kier molecular flexibility index (Phi) is 5.19. The van der Waals surface area contributed by atoms with Crippen LogP contribution in [0.25, 0.3) is 10.3 Å². The summed E-state index contributed by atoms with van der Waals surface area (Å²) in [6, 6.07) is 0.658. The van der Waals surface area contributed by atoms with Gasteiger partial charge in [-0.3, -0.25) is 4.79 Å². The van der Waals surface area contributed by atoms with Gasteiger partial charge in [-0.05, 0) is 45.7 Å². The number of hydrogen-bond donors (Lipinski definition) is 1. The van der Waals surface area contributed by atoms with Gasteiger partial charge in [0.05, 0.1) is 0 Å². The zero-order valence-corrected chi connectivity index (χ0v) is 16.5. The lowest BCUT2D eigenvalue weighted by Crippen LogP contribution is -2.46. The summed E-state index contributed by atoms with van der Waals surface area (Å²) in [4.78, 5) is 33.5. The van der Waals surface area contributed by atoms with Crippen molar-refractivity contribution >= 4 is 32.8 Å². The third kappa shape index (κ3) is 3.48. The molecule has 0 aliphatic carbocycles. The molecule has 0 amide bonds. The number of aromatic carboxylic acids is 1. The molecule has 0 saturated carbocycles. The number of carbonyl (C=O) groups is 1. The van der Waals surface area contributed by atoms with Crippen LogP contribution >= 0.6 is 11.3 Å². The van der Waals surface area contributed by atoms with Crippen LogP contribution < -0.4 is 10.3 Å². The van der Waals surface area contributed by atoms with Gasteiger partial charge in [-0.25, -0.2) is 9.78 Å². The molecule has 0 bridgehead atoms. The average molecular weight is 391 g/mol. The average Bonchev–Trinajstić information content (AvgIpc) is 3.15. The van der Waals surface area contributed by atoms with E-state index in [-0.39, 0.29) is 5.56 Å². The summed E-state index contributed by atoms with van der Waals surface area (Å²) in [5.41, 5.74) is 0.00293. The molecule has 2 aliphatic rings. The molecule has 27 heavy (non-hydrogen) atoms. The summed E-state index contributed by atoms with van der Waals surface area (Å²) < 4.78 is 2.21. The van der Waals surface area contributed by atoms with Crippen molar-refractivity contribution in [1.29, 1.82) is 0 Å². The lowest BCUT2D eigenvalue weighted by molar-refractivity contribution is 0.0695. The van der Waals surface area contributed by atoms with E-state index in [0.29, 0.717) is 22.9 Å². The van der Waals surface area contributed by atoms with Crippen LogP contribution in [-0.2, 0) is 6.54 Å². The molecule has 2 aliphatic heterocycles. The van der Waals surface area contributed by atoms with Gasteiger partial charge in [-0.15, -0.1) is 0 Å². The second kappa shape index (κ2) is 7.59. The molecule has 0 atom stereocenters. The van der Waals surface area contributed by atoms with Gasteiger partial charge in [-0.2, -0.15) is 0 Å². The number of aromatic nitrogens is 2. The summed E-state index contributed by atoms with van der Waals surface area (Å²) in [6.45, 7) is 6.83. The van der Waals surface area contributed by atoms with Crippen LogP contribution in [0, 0.1) is 0 Å². The second-order valence-electron chi connectivity index (χ2n) is 7.43. The maximum absolute atomic E-state index is 12.5. The van der Waals surface area contributed by atoms with Crippen molar-refractivity contribution in [3.8, 4) is 0 Å². The number of rotatable bonds is 4. The van der Waals surface area contributed by atoms with E-state index in [1.54, 1.807) is 4.57 Å². The van der Waals surface area contributed by atoms with E-state index in [9.17, 15) is 14.7 Å². The quantitative estimate of drug-likeness (QED) is 0.865. The SMILES string of the molecule is CCn1cc(C(=O)O)c(=O)c2sc(N3CCC(N4CCCCC4)CC3)nc21. The first-order valence-corrected chi connectivity index (χ1v) is 10.7. The maximum Gasteiger partial charge on any atom is 0.341 e. The van der Waals surface area contributed by atoms with Crippen LogP contribution in [0.15, 0.2) is 11.0 Å². The summed E-state index contributed by atoms with van der Waals surface area (Å²) in [5, 5.41) is 10.1. The lowest BCUT2D eigenvalue weighted by atomic mass is 10.0. The van der Waals surface area contributed by atoms with Gasteiger partial charge in [0.1, 0.15) is 10.3 Å². The smallest absolute Gasteiger partial charge is 0.341 e. The predicted molar refractivity (Wildman–Crippen MR) is 107 cm³/mol. The highest BCUT2D eigenvalue weighted by atomic mass is 32.1. The summed E-state index contributed by atoms with van der Waals surface area (Å²) >= 11 is 1.33. The number of carboxylic acids is 1. The number of nitrogens with zero attached hydrogens (tertiary/aromatic N) is 4. The molecule has 0 spiro atoms. The first-order chi connectivity index (χ1) is 13.1. The molecule has 4 heterocycles. The van der Waals surface area contributed by atoms with E-state index in [1.165, 1.54) is 49.9 Å². The maximum atomic E-state index is 12.5. The summed E-state index contributed by atoms with van der Waals surface area (Å²) in [6.07, 6.45) is 7.64. The molecule has 146 valence electrons. The molecular weight excluding hydrogens is 364 g/mol. The number of likely N-dealkylation sites (tertiary alicyclic amines) is 1. The molecule has 2 aromatic heterocycles. The highest BCUT2D eigenvalue weighted by Crippen LogP contribution is 2.30. The van der Waals surface area contributed by atoms with Crippen molar-refractivity contribution in [2.45, 2.75) is 51.6 Å². The largest absolute Gasteiger partial charge is 0.477 e. The van der Waals surface area contributed by atoms with Crippen molar-refractivity contribution in [2.75, 3.05) is 31.1 Å². The van der Waals surface area contributed by atoms with E-state index in [2.05, 4.69) is 9.80 Å². The molecule has 1 N–H and O–H groups in total. The number of aryl methyl sites for hydroxylation is 1. The molecule has 0 aromatic carbocycles. The highest BCUT2D eigenvalue weighted by Gasteiger charge is 2.27. The molecule has 2 fully saturated rings. The van der Waals surface area contributed by atoms with Crippen LogP contribution in [0.3, 0.4) is 0 Å². The van der Waals surface area contributed by atoms with Crippen molar-refractivity contribution in [3.05, 3.63) is 22.0 Å². The minimum atomic E-state index is -1.18. The monoisotopic (exact) mass is 390 g/mol. The van der Waals surface area contributed by atoms with Crippen LogP contribution in [0.4, 0.5) is 5.13 Å². The number of hydrogen-bond acceptors (Lipinski definition) is 6. The van der Waals surface area contributed by atoms with Crippen LogP contribution in [0.1, 0.15) is 49.4 Å². The summed E-state index contributed by atoms with van der Waals surface area (Å²) in [5.74, 6) is -1.18. The Balaban J connectivity index is 1.57. The molecule has 7 nitrogen and oxygen atoms in total. The Morgan fingerprint density at radius 2 is 1.93 bits per heavy atom. The van der Waals surface area contributed by atoms with E-state index in [4.69, 9.17) is 4.98 Å². The van der Waals surface area contributed by atoms with Gasteiger partial charge >= 0.3 is 5.97 Å². The van der Waals surface area contributed by atoms with Crippen molar-refractivity contribution in [2.24, 2.45) is 0 Å². The molecule has 4 rings (SSSR count). The van der Waals surface area contributed by atoms with Gasteiger partial charge in [0.15, 0.2) is 10.8 Å². The van der Waals surface area contributed by atoms with E-state index >= 15 is 0 Å². The Labute approximate surface area is 162 Å². The minimum absolute atomic E-state index is 0.177. The zero-order valence-electron chi connectivity index (χ0n) is 15.7. The number of pyridine rings is 1. The van der Waals surface area contributed by atoms with Gasteiger partial charge in [-0.1, -0.05) is 17.8 Å². The molecule has 8 heteroatoms. The third-order valence-corrected chi connectivity index (χ3v) is 6.92. The lowest BCUT2D eigenvalue weighted by Gasteiger charge is -2.40. The topological polar surface area (TPSA) is 78.7 Å². The van der Waals surface area contributed by atoms with E-state index in [0.717, 1.165) is 31.1 Å². The Morgan fingerprint density at radius 3 is 2.56 bits per heavy atom. The van der Waals surface area contributed by atoms with Gasteiger partial charge in [0, 0.05) is 31.9 Å². The van der Waals surface area contributed by atoms with Gasteiger partial charge < -0.3 is 19.5 Å². The fraction of sp³-hybridized carbons (Fsp3) is 0.632. The highest BCUT2D eigenvalue weighted by molar-refractivity contribution is 7.22. The fourth-order valence-electron chi connectivity index (χ4n) is 4.28. The van der Waals surface area contributed by atoms with Gasteiger partial charge in [0.2, 0.25) is 5.43 Å². The molecular formula is C19H26N4O3S. The minimum Gasteiger partial charge on any atom is -0.477 e. The standard InChI is InChI=1S/C19H26N4O3S/c1-2-21-12-14(18(25)26)15(24)16-17(21)20-19(27-16)23-10-6-13(7-11-23)22-8-4-3-5-9-22/h12-13H,2-11H2,1H3,(H,25,26). The summed E-state index contributed by atoms with van der Waals surface area (Å²) in [7, 11) is 0. The van der Waals surface area contributed by atoms with Crippen molar-refractivity contribution < 1.29 is 9.90 Å². The van der Waals surface area contributed by atoms with Crippen LogP contribution in [-0.4, -0.2) is 57.7 Å². The molecule has 0 unspecified atom stereocenters. The molecule has 2 aromatic rings. The Bertz CT molecular complexity index is 892. The van der Waals surface area contributed by atoms with Gasteiger partial charge in [0.25, 0.3) is 0 Å². The van der Waals surface area contributed by atoms with Crippen molar-refractivity contribution in [3.63, 3.8) is 0 Å².